The molecular formula is C11H15NO2. The zero-order valence-electron chi connectivity index (χ0n) is 8.66. The molecule has 0 aliphatic carbocycles. The standard InChI is InChI=1S/C11H15NO2/c1-7(2)12-11(14)9-5-4-8(3)10(13)6-9/h4-7,13H,1-3H3,(H,12,14). The summed E-state index contributed by atoms with van der Waals surface area (Å²) in [5.41, 5.74) is 1.26. The predicted octanol–water partition coefficient (Wildman–Crippen LogP) is 1.84. The average molecular weight is 193 g/mol. The minimum Gasteiger partial charge on any atom is -0.508 e. The first-order valence-corrected chi connectivity index (χ1v) is 4.61. The monoisotopic (exact) mass is 193 g/mol. The van der Waals surface area contributed by atoms with E-state index >= 15 is 0 Å². The lowest BCUT2D eigenvalue weighted by Crippen LogP contribution is -2.29. The van der Waals surface area contributed by atoms with Crippen molar-refractivity contribution < 1.29 is 9.90 Å². The number of benzene rings is 1. The molecule has 76 valence electrons. The Morgan fingerprint density at radius 3 is 2.57 bits per heavy atom. The summed E-state index contributed by atoms with van der Waals surface area (Å²) in [5, 5.41) is 12.2. The van der Waals surface area contributed by atoms with Gasteiger partial charge in [0.2, 0.25) is 0 Å². The summed E-state index contributed by atoms with van der Waals surface area (Å²) in [4.78, 5) is 11.5. The van der Waals surface area contributed by atoms with Gasteiger partial charge in [-0.3, -0.25) is 4.79 Å². The summed E-state index contributed by atoms with van der Waals surface area (Å²) in [6.45, 7) is 5.58. The first kappa shape index (κ1) is 10.6. The molecule has 1 rings (SSSR count). The molecule has 0 bridgehead atoms. The second kappa shape index (κ2) is 4.13. The maximum absolute atomic E-state index is 11.5. The Morgan fingerprint density at radius 1 is 1.43 bits per heavy atom. The van der Waals surface area contributed by atoms with Gasteiger partial charge >= 0.3 is 0 Å². The Morgan fingerprint density at radius 2 is 2.07 bits per heavy atom. The molecule has 0 atom stereocenters. The molecule has 14 heavy (non-hydrogen) atoms. The summed E-state index contributed by atoms with van der Waals surface area (Å²) >= 11 is 0. The fourth-order valence-electron chi connectivity index (χ4n) is 1.10. The van der Waals surface area contributed by atoms with Gasteiger partial charge in [-0.05, 0) is 38.5 Å². The Balaban J connectivity index is 2.86. The number of hydrogen-bond acceptors (Lipinski definition) is 2. The number of phenols is 1. The molecule has 0 aliphatic rings. The van der Waals surface area contributed by atoms with Gasteiger partial charge in [0.05, 0.1) is 0 Å². The number of phenolic OH excluding ortho intramolecular Hbond substituents is 1. The number of nitrogens with one attached hydrogen (secondary N) is 1. The van der Waals surface area contributed by atoms with Crippen molar-refractivity contribution in [1.29, 1.82) is 0 Å². The third-order valence-corrected chi connectivity index (χ3v) is 1.89. The van der Waals surface area contributed by atoms with Gasteiger partial charge < -0.3 is 10.4 Å². The molecule has 0 aromatic heterocycles. The molecule has 1 amide bonds. The van der Waals surface area contributed by atoms with Crippen molar-refractivity contribution >= 4 is 5.91 Å². The van der Waals surface area contributed by atoms with Crippen LogP contribution in [0.4, 0.5) is 0 Å². The lowest BCUT2D eigenvalue weighted by atomic mass is 10.1. The maximum Gasteiger partial charge on any atom is 0.251 e. The highest BCUT2D eigenvalue weighted by atomic mass is 16.3. The van der Waals surface area contributed by atoms with E-state index < -0.39 is 0 Å². The second-order valence-corrected chi connectivity index (χ2v) is 3.63. The Hall–Kier alpha value is -1.51. The van der Waals surface area contributed by atoms with E-state index in [-0.39, 0.29) is 17.7 Å². The van der Waals surface area contributed by atoms with Crippen LogP contribution in [0.1, 0.15) is 29.8 Å². The van der Waals surface area contributed by atoms with Crippen LogP contribution in [0.2, 0.25) is 0 Å². The molecule has 0 aliphatic heterocycles. The van der Waals surface area contributed by atoms with Gasteiger partial charge in [0.25, 0.3) is 5.91 Å². The lowest BCUT2D eigenvalue weighted by molar-refractivity contribution is 0.0942. The molecule has 0 saturated carbocycles. The van der Waals surface area contributed by atoms with E-state index in [0.717, 1.165) is 5.56 Å². The molecule has 3 heteroatoms. The molecule has 2 N–H and O–H groups in total. The Bertz CT molecular complexity index is 345. The number of hydrogen-bond donors (Lipinski definition) is 2. The molecular weight excluding hydrogens is 178 g/mol. The van der Waals surface area contributed by atoms with Crippen LogP contribution in [-0.2, 0) is 0 Å². The van der Waals surface area contributed by atoms with Crippen LogP contribution in [0, 0.1) is 6.92 Å². The van der Waals surface area contributed by atoms with Gasteiger partial charge in [-0.15, -0.1) is 0 Å². The Labute approximate surface area is 83.8 Å². The number of carbonyl (C=O) groups is 1. The first-order valence-electron chi connectivity index (χ1n) is 4.61. The van der Waals surface area contributed by atoms with Crippen LogP contribution < -0.4 is 5.32 Å². The van der Waals surface area contributed by atoms with Crippen molar-refractivity contribution in [3.8, 4) is 5.75 Å². The third-order valence-electron chi connectivity index (χ3n) is 1.89. The quantitative estimate of drug-likeness (QED) is 0.753. The highest BCUT2D eigenvalue weighted by Crippen LogP contribution is 2.17. The largest absolute Gasteiger partial charge is 0.508 e. The van der Waals surface area contributed by atoms with Crippen LogP contribution in [-0.4, -0.2) is 17.1 Å². The van der Waals surface area contributed by atoms with Crippen LogP contribution in [0.3, 0.4) is 0 Å². The fourth-order valence-corrected chi connectivity index (χ4v) is 1.10. The van der Waals surface area contributed by atoms with E-state index in [2.05, 4.69) is 5.32 Å². The van der Waals surface area contributed by atoms with Crippen molar-refractivity contribution in [3.05, 3.63) is 29.3 Å². The van der Waals surface area contributed by atoms with E-state index in [4.69, 9.17) is 0 Å². The molecule has 0 fully saturated rings. The summed E-state index contributed by atoms with van der Waals surface area (Å²) in [6, 6.07) is 5.01. The highest BCUT2D eigenvalue weighted by Gasteiger charge is 2.07. The summed E-state index contributed by atoms with van der Waals surface area (Å²) in [7, 11) is 0. The second-order valence-electron chi connectivity index (χ2n) is 3.63. The smallest absolute Gasteiger partial charge is 0.251 e. The summed E-state index contributed by atoms with van der Waals surface area (Å²) < 4.78 is 0. The first-order chi connectivity index (χ1) is 6.50. The minimum atomic E-state index is -0.157. The number of rotatable bonds is 2. The van der Waals surface area contributed by atoms with Crippen LogP contribution >= 0.6 is 0 Å². The molecule has 0 heterocycles. The van der Waals surface area contributed by atoms with Gasteiger partial charge in [0.15, 0.2) is 0 Å². The normalized spacial score (nSPS) is 10.3. The van der Waals surface area contributed by atoms with Gasteiger partial charge in [-0.25, -0.2) is 0 Å². The van der Waals surface area contributed by atoms with Gasteiger partial charge in [-0.1, -0.05) is 6.07 Å². The van der Waals surface area contributed by atoms with Gasteiger partial charge in [-0.2, -0.15) is 0 Å². The van der Waals surface area contributed by atoms with Crippen molar-refractivity contribution in [2.45, 2.75) is 26.8 Å². The average Bonchev–Trinajstić information content (AvgIpc) is 2.08. The summed E-state index contributed by atoms with van der Waals surface area (Å²) in [6.07, 6.45) is 0. The van der Waals surface area contributed by atoms with Crippen molar-refractivity contribution in [2.24, 2.45) is 0 Å². The van der Waals surface area contributed by atoms with Crippen molar-refractivity contribution in [3.63, 3.8) is 0 Å². The van der Waals surface area contributed by atoms with E-state index in [0.29, 0.717) is 5.56 Å². The van der Waals surface area contributed by atoms with Crippen LogP contribution in [0.15, 0.2) is 18.2 Å². The minimum absolute atomic E-state index is 0.103. The van der Waals surface area contributed by atoms with E-state index in [1.54, 1.807) is 19.1 Å². The van der Waals surface area contributed by atoms with Crippen LogP contribution in [0.5, 0.6) is 5.75 Å². The topological polar surface area (TPSA) is 49.3 Å². The number of carbonyl (C=O) groups excluding carboxylic acids is 1. The van der Waals surface area contributed by atoms with Crippen molar-refractivity contribution in [2.75, 3.05) is 0 Å². The van der Waals surface area contributed by atoms with Crippen LogP contribution in [0.25, 0.3) is 0 Å². The van der Waals surface area contributed by atoms with Gasteiger partial charge in [0.1, 0.15) is 5.75 Å². The maximum atomic E-state index is 11.5. The van der Waals surface area contributed by atoms with Gasteiger partial charge in [0, 0.05) is 11.6 Å². The number of aryl methyl sites for hydroxylation is 1. The molecule has 3 nitrogen and oxygen atoms in total. The predicted molar refractivity (Wildman–Crippen MR) is 55.4 cm³/mol. The highest BCUT2D eigenvalue weighted by molar-refractivity contribution is 5.94. The molecule has 1 aromatic rings. The number of aromatic hydroxyl groups is 1. The fraction of sp³-hybridized carbons (Fsp3) is 0.364. The van der Waals surface area contributed by atoms with Crippen molar-refractivity contribution in [1.82, 2.24) is 5.32 Å². The molecule has 0 spiro atoms. The zero-order chi connectivity index (χ0) is 10.7. The number of amides is 1. The molecule has 0 unspecified atom stereocenters. The SMILES string of the molecule is Cc1ccc(C(=O)NC(C)C)cc1O. The van der Waals surface area contributed by atoms with E-state index in [1.165, 1.54) is 6.07 Å². The van der Waals surface area contributed by atoms with E-state index in [9.17, 15) is 9.90 Å². The van der Waals surface area contributed by atoms with E-state index in [1.807, 2.05) is 13.8 Å². The third kappa shape index (κ3) is 2.49. The molecule has 0 radical (unpaired) electrons. The molecule has 1 aromatic carbocycles. The zero-order valence-corrected chi connectivity index (χ0v) is 8.66. The lowest BCUT2D eigenvalue weighted by Gasteiger charge is -2.08. The Kier molecular flexibility index (Phi) is 3.12. The summed E-state index contributed by atoms with van der Waals surface area (Å²) in [5.74, 6) is -0.00305. The molecule has 0 saturated heterocycles.